The number of benzene rings is 1. The molecule has 0 radical (unpaired) electrons. The first kappa shape index (κ1) is 13.6. The molecule has 1 aromatic carbocycles. The van der Waals surface area contributed by atoms with Gasteiger partial charge in [-0.1, -0.05) is 0 Å². The Bertz CT molecular complexity index is 418. The lowest BCUT2D eigenvalue weighted by atomic mass is 9.96. The van der Waals surface area contributed by atoms with Crippen LogP contribution in [-0.4, -0.2) is 20.8 Å². The van der Waals surface area contributed by atoms with E-state index in [1.807, 2.05) is 0 Å². The molecule has 1 aromatic rings. The Morgan fingerprint density at radius 1 is 0.941 bits per heavy atom. The molecule has 4 nitrogen and oxygen atoms in total. The highest BCUT2D eigenvalue weighted by Crippen LogP contribution is 2.37. The molecular weight excluding hydrogens is 212 g/mol. The molecule has 0 atom stereocenters. The summed E-state index contributed by atoms with van der Waals surface area (Å²) in [5.41, 5.74) is 12.4. The molecule has 0 fully saturated rings. The number of azo groups is 1. The van der Waals surface area contributed by atoms with Gasteiger partial charge in [0, 0.05) is 19.8 Å². The standard InChI is InChI=1S/C13H22N4/c1-8-10(3)13(17(5)6)11(4)9(2)12(8)16-15-7-14/h7,14H2,1-6H3. The zero-order valence-electron chi connectivity index (χ0n) is 11.6. The number of rotatable bonds is 3. The predicted molar refractivity (Wildman–Crippen MR) is 73.3 cm³/mol. The van der Waals surface area contributed by atoms with Gasteiger partial charge < -0.3 is 10.6 Å². The Balaban J connectivity index is 3.52. The highest BCUT2D eigenvalue weighted by Gasteiger charge is 2.15. The van der Waals surface area contributed by atoms with Gasteiger partial charge in [-0.15, -0.1) is 0 Å². The van der Waals surface area contributed by atoms with Crippen LogP contribution in [0, 0.1) is 27.7 Å². The zero-order chi connectivity index (χ0) is 13.2. The molecule has 0 aliphatic heterocycles. The van der Waals surface area contributed by atoms with Crippen molar-refractivity contribution in [2.75, 3.05) is 25.7 Å². The third kappa shape index (κ3) is 2.47. The molecule has 0 amide bonds. The Morgan fingerprint density at radius 3 is 1.76 bits per heavy atom. The molecule has 17 heavy (non-hydrogen) atoms. The van der Waals surface area contributed by atoms with Crippen molar-refractivity contribution < 1.29 is 0 Å². The number of hydrogen-bond donors (Lipinski definition) is 1. The summed E-state index contributed by atoms with van der Waals surface area (Å²) in [4.78, 5) is 2.15. The van der Waals surface area contributed by atoms with Crippen LogP contribution in [0.4, 0.5) is 11.4 Å². The van der Waals surface area contributed by atoms with Crippen LogP contribution < -0.4 is 10.6 Å². The van der Waals surface area contributed by atoms with E-state index in [1.54, 1.807) is 0 Å². The van der Waals surface area contributed by atoms with Crippen LogP contribution in [-0.2, 0) is 0 Å². The normalized spacial score (nSPS) is 11.2. The van der Waals surface area contributed by atoms with Crippen LogP contribution >= 0.6 is 0 Å². The first-order chi connectivity index (χ1) is 7.91. The van der Waals surface area contributed by atoms with Gasteiger partial charge in [0.25, 0.3) is 0 Å². The van der Waals surface area contributed by atoms with E-state index in [4.69, 9.17) is 5.73 Å². The monoisotopic (exact) mass is 234 g/mol. The van der Waals surface area contributed by atoms with Crippen LogP contribution in [0.1, 0.15) is 22.3 Å². The van der Waals surface area contributed by atoms with Crippen LogP contribution in [0.3, 0.4) is 0 Å². The molecule has 0 aromatic heterocycles. The fourth-order valence-corrected chi connectivity index (χ4v) is 2.21. The second kappa shape index (κ2) is 5.27. The summed E-state index contributed by atoms with van der Waals surface area (Å²) in [6.45, 7) is 8.64. The average Bonchev–Trinajstić information content (AvgIpc) is 2.26. The lowest BCUT2D eigenvalue weighted by Crippen LogP contribution is -2.13. The van der Waals surface area contributed by atoms with Gasteiger partial charge in [0.15, 0.2) is 0 Å². The maximum atomic E-state index is 5.36. The molecule has 4 heteroatoms. The Morgan fingerprint density at radius 2 is 1.41 bits per heavy atom. The summed E-state index contributed by atoms with van der Waals surface area (Å²) in [6.07, 6.45) is 0. The van der Waals surface area contributed by atoms with Crippen molar-refractivity contribution >= 4 is 11.4 Å². The van der Waals surface area contributed by atoms with Gasteiger partial charge in [-0.05, 0) is 49.9 Å². The molecule has 0 spiro atoms. The molecule has 0 bridgehead atoms. The number of anilines is 1. The van der Waals surface area contributed by atoms with Gasteiger partial charge in [0.05, 0.1) is 5.69 Å². The minimum atomic E-state index is 0.229. The van der Waals surface area contributed by atoms with Crippen molar-refractivity contribution in [2.24, 2.45) is 16.0 Å². The number of hydrogen-bond acceptors (Lipinski definition) is 4. The van der Waals surface area contributed by atoms with Crippen molar-refractivity contribution in [2.45, 2.75) is 27.7 Å². The summed E-state index contributed by atoms with van der Waals surface area (Å²) < 4.78 is 0. The van der Waals surface area contributed by atoms with Crippen molar-refractivity contribution in [1.82, 2.24) is 0 Å². The largest absolute Gasteiger partial charge is 0.377 e. The van der Waals surface area contributed by atoms with Crippen LogP contribution in [0.25, 0.3) is 0 Å². The van der Waals surface area contributed by atoms with Crippen LogP contribution in [0.15, 0.2) is 10.2 Å². The maximum absolute atomic E-state index is 5.36. The van der Waals surface area contributed by atoms with Crippen molar-refractivity contribution in [3.63, 3.8) is 0 Å². The fourth-order valence-electron chi connectivity index (χ4n) is 2.21. The van der Waals surface area contributed by atoms with E-state index in [-0.39, 0.29) is 6.67 Å². The summed E-state index contributed by atoms with van der Waals surface area (Å²) in [6, 6.07) is 0. The SMILES string of the molecule is Cc1c(C)c(N(C)C)c(C)c(C)c1N=NCN. The molecule has 0 saturated carbocycles. The Labute approximate surface area is 104 Å². The van der Waals surface area contributed by atoms with Crippen molar-refractivity contribution in [3.8, 4) is 0 Å². The molecule has 0 heterocycles. The quantitative estimate of drug-likeness (QED) is 0.817. The van der Waals surface area contributed by atoms with Gasteiger partial charge in [-0.25, -0.2) is 0 Å². The lowest BCUT2D eigenvalue weighted by molar-refractivity contribution is 0.957. The van der Waals surface area contributed by atoms with E-state index in [1.165, 1.54) is 27.9 Å². The second-order valence-electron chi connectivity index (χ2n) is 4.52. The number of nitrogens with zero attached hydrogens (tertiary/aromatic N) is 3. The van der Waals surface area contributed by atoms with Gasteiger partial charge in [-0.3, -0.25) is 0 Å². The molecule has 2 N–H and O–H groups in total. The van der Waals surface area contributed by atoms with Gasteiger partial charge in [0.2, 0.25) is 0 Å². The Hall–Kier alpha value is -1.42. The highest BCUT2D eigenvalue weighted by atomic mass is 15.1. The molecule has 0 unspecified atom stereocenters. The third-order valence-electron chi connectivity index (χ3n) is 3.25. The first-order valence-corrected chi connectivity index (χ1v) is 5.77. The molecule has 0 saturated heterocycles. The third-order valence-corrected chi connectivity index (χ3v) is 3.25. The summed E-state index contributed by atoms with van der Waals surface area (Å²) in [5.74, 6) is 0. The Kier molecular flexibility index (Phi) is 4.23. The molecule has 0 aliphatic carbocycles. The minimum Gasteiger partial charge on any atom is -0.377 e. The van der Waals surface area contributed by atoms with Gasteiger partial charge in [0.1, 0.15) is 6.67 Å². The maximum Gasteiger partial charge on any atom is 0.108 e. The molecule has 0 aliphatic rings. The van der Waals surface area contributed by atoms with Crippen molar-refractivity contribution in [1.29, 1.82) is 0 Å². The molecule has 1 rings (SSSR count). The number of nitrogens with two attached hydrogens (primary N) is 1. The smallest absolute Gasteiger partial charge is 0.108 e. The van der Waals surface area contributed by atoms with E-state index in [0.29, 0.717) is 0 Å². The second-order valence-corrected chi connectivity index (χ2v) is 4.52. The summed E-state index contributed by atoms with van der Waals surface area (Å²) >= 11 is 0. The molecular formula is C13H22N4. The fraction of sp³-hybridized carbons (Fsp3) is 0.538. The minimum absolute atomic E-state index is 0.229. The predicted octanol–water partition coefficient (Wildman–Crippen LogP) is 2.99. The van der Waals surface area contributed by atoms with Crippen LogP contribution in [0.2, 0.25) is 0 Å². The summed E-state index contributed by atoms with van der Waals surface area (Å²) in [5, 5.41) is 8.14. The van der Waals surface area contributed by atoms with Gasteiger partial charge in [-0.2, -0.15) is 10.2 Å². The van der Waals surface area contributed by atoms with Gasteiger partial charge >= 0.3 is 0 Å². The highest BCUT2D eigenvalue weighted by molar-refractivity contribution is 5.71. The van der Waals surface area contributed by atoms with E-state index in [9.17, 15) is 0 Å². The van der Waals surface area contributed by atoms with Crippen LogP contribution in [0.5, 0.6) is 0 Å². The lowest BCUT2D eigenvalue weighted by Gasteiger charge is -2.23. The topological polar surface area (TPSA) is 54.0 Å². The van der Waals surface area contributed by atoms with E-state index >= 15 is 0 Å². The van der Waals surface area contributed by atoms with E-state index in [2.05, 4.69) is 56.9 Å². The summed E-state index contributed by atoms with van der Waals surface area (Å²) in [7, 11) is 4.13. The van der Waals surface area contributed by atoms with Crippen molar-refractivity contribution in [3.05, 3.63) is 22.3 Å². The molecule has 94 valence electrons. The first-order valence-electron chi connectivity index (χ1n) is 5.77. The van der Waals surface area contributed by atoms with E-state index < -0.39 is 0 Å². The van der Waals surface area contributed by atoms with E-state index in [0.717, 1.165) is 5.69 Å². The average molecular weight is 234 g/mol. The zero-order valence-corrected chi connectivity index (χ0v) is 11.6.